The molecule has 1 aromatic carbocycles. The van der Waals surface area contributed by atoms with Crippen LogP contribution in [0, 0.1) is 11.3 Å². The van der Waals surface area contributed by atoms with E-state index in [1.165, 1.54) is 5.56 Å². The summed E-state index contributed by atoms with van der Waals surface area (Å²) < 4.78 is 0. The highest BCUT2D eigenvalue weighted by molar-refractivity contribution is 5.89. The number of likely N-dealkylation sites (tertiary alicyclic amines) is 1. The standard InChI is InChI=1S/C15H21NO/c1-11(2)13-15(3,4)14(17)16(13)10-12-8-6-5-7-9-12/h5-9,11,13H,10H2,1-4H3. The van der Waals surface area contributed by atoms with Gasteiger partial charge in [0.2, 0.25) is 5.91 Å². The average Bonchev–Trinajstić information content (AvgIpc) is 2.28. The van der Waals surface area contributed by atoms with Gasteiger partial charge in [0.1, 0.15) is 0 Å². The van der Waals surface area contributed by atoms with E-state index in [1.807, 2.05) is 23.1 Å². The molecule has 1 saturated heterocycles. The monoisotopic (exact) mass is 231 g/mol. The third kappa shape index (κ3) is 1.97. The highest BCUT2D eigenvalue weighted by atomic mass is 16.2. The Morgan fingerprint density at radius 1 is 1.24 bits per heavy atom. The van der Waals surface area contributed by atoms with Gasteiger partial charge in [-0.05, 0) is 25.3 Å². The van der Waals surface area contributed by atoms with Crippen molar-refractivity contribution in [3.63, 3.8) is 0 Å². The van der Waals surface area contributed by atoms with Gasteiger partial charge in [-0.1, -0.05) is 44.2 Å². The minimum Gasteiger partial charge on any atom is -0.334 e. The maximum absolute atomic E-state index is 12.1. The zero-order valence-electron chi connectivity index (χ0n) is 11.1. The number of benzene rings is 1. The zero-order valence-corrected chi connectivity index (χ0v) is 11.1. The zero-order chi connectivity index (χ0) is 12.6. The first-order chi connectivity index (χ1) is 7.94. The number of hydrogen-bond donors (Lipinski definition) is 0. The Morgan fingerprint density at radius 2 is 1.82 bits per heavy atom. The van der Waals surface area contributed by atoms with Crippen LogP contribution in [0.25, 0.3) is 0 Å². The van der Waals surface area contributed by atoms with E-state index in [0.29, 0.717) is 12.0 Å². The number of nitrogens with zero attached hydrogens (tertiary/aromatic N) is 1. The molecular formula is C15H21NO. The van der Waals surface area contributed by atoms with Crippen LogP contribution < -0.4 is 0 Å². The quantitative estimate of drug-likeness (QED) is 0.732. The van der Waals surface area contributed by atoms with E-state index >= 15 is 0 Å². The molecule has 17 heavy (non-hydrogen) atoms. The van der Waals surface area contributed by atoms with Gasteiger partial charge in [0.25, 0.3) is 0 Å². The summed E-state index contributed by atoms with van der Waals surface area (Å²) in [5, 5.41) is 0. The lowest BCUT2D eigenvalue weighted by Crippen LogP contribution is -2.67. The fourth-order valence-electron chi connectivity index (χ4n) is 3.09. The molecule has 1 unspecified atom stereocenters. The first-order valence-electron chi connectivity index (χ1n) is 6.29. The highest BCUT2D eigenvalue weighted by Gasteiger charge is 2.54. The average molecular weight is 231 g/mol. The van der Waals surface area contributed by atoms with Gasteiger partial charge in [-0.2, -0.15) is 0 Å². The van der Waals surface area contributed by atoms with Crippen LogP contribution in [-0.2, 0) is 11.3 Å². The molecule has 1 aliphatic heterocycles. The largest absolute Gasteiger partial charge is 0.334 e. The topological polar surface area (TPSA) is 20.3 Å². The summed E-state index contributed by atoms with van der Waals surface area (Å²) in [7, 11) is 0. The number of amides is 1. The number of carbonyl (C=O) groups is 1. The third-order valence-electron chi connectivity index (χ3n) is 3.71. The van der Waals surface area contributed by atoms with Crippen LogP contribution in [0.5, 0.6) is 0 Å². The van der Waals surface area contributed by atoms with Crippen molar-refractivity contribution >= 4 is 5.91 Å². The Bertz CT molecular complexity index is 408. The molecule has 0 N–H and O–H groups in total. The second-order valence-electron chi connectivity index (χ2n) is 5.83. The second kappa shape index (κ2) is 4.17. The lowest BCUT2D eigenvalue weighted by atomic mass is 9.69. The van der Waals surface area contributed by atoms with E-state index in [2.05, 4.69) is 39.8 Å². The molecule has 2 rings (SSSR count). The van der Waals surface area contributed by atoms with E-state index in [0.717, 1.165) is 6.54 Å². The molecule has 1 heterocycles. The maximum Gasteiger partial charge on any atom is 0.230 e. The number of hydrogen-bond acceptors (Lipinski definition) is 1. The molecule has 2 nitrogen and oxygen atoms in total. The number of rotatable bonds is 3. The molecule has 1 amide bonds. The van der Waals surface area contributed by atoms with E-state index < -0.39 is 0 Å². The van der Waals surface area contributed by atoms with Crippen molar-refractivity contribution in [2.45, 2.75) is 40.3 Å². The van der Waals surface area contributed by atoms with Gasteiger partial charge in [-0.3, -0.25) is 4.79 Å². The molecule has 92 valence electrons. The molecule has 2 heteroatoms. The van der Waals surface area contributed by atoms with E-state index in [9.17, 15) is 4.79 Å². The third-order valence-corrected chi connectivity index (χ3v) is 3.71. The summed E-state index contributed by atoms with van der Waals surface area (Å²) in [5.74, 6) is 0.784. The fraction of sp³-hybridized carbons (Fsp3) is 0.533. The van der Waals surface area contributed by atoms with Crippen molar-refractivity contribution in [2.75, 3.05) is 0 Å². The SMILES string of the molecule is CC(C)C1N(Cc2ccccc2)C(=O)C1(C)C. The van der Waals surface area contributed by atoms with Gasteiger partial charge in [0.05, 0.1) is 5.41 Å². The molecule has 0 aliphatic carbocycles. The maximum atomic E-state index is 12.1. The second-order valence-corrected chi connectivity index (χ2v) is 5.83. The van der Waals surface area contributed by atoms with Crippen molar-refractivity contribution in [2.24, 2.45) is 11.3 Å². The normalized spacial score (nSPS) is 22.8. The molecule has 0 bridgehead atoms. The minimum atomic E-state index is -0.192. The molecule has 0 saturated carbocycles. The van der Waals surface area contributed by atoms with Gasteiger partial charge in [-0.15, -0.1) is 0 Å². The van der Waals surface area contributed by atoms with Crippen molar-refractivity contribution in [3.8, 4) is 0 Å². The number of β-lactam (4-membered cyclic amide) rings is 1. The predicted octanol–water partition coefficient (Wildman–Crippen LogP) is 3.08. The van der Waals surface area contributed by atoms with Crippen LogP contribution in [-0.4, -0.2) is 16.8 Å². The Balaban J connectivity index is 2.14. The first-order valence-corrected chi connectivity index (χ1v) is 6.29. The van der Waals surface area contributed by atoms with E-state index in [4.69, 9.17) is 0 Å². The first kappa shape index (κ1) is 12.2. The summed E-state index contributed by atoms with van der Waals surface area (Å²) >= 11 is 0. The lowest BCUT2D eigenvalue weighted by Gasteiger charge is -2.55. The Morgan fingerprint density at radius 3 is 2.35 bits per heavy atom. The van der Waals surface area contributed by atoms with Crippen molar-refractivity contribution in [3.05, 3.63) is 35.9 Å². The van der Waals surface area contributed by atoms with Crippen LogP contribution in [0.3, 0.4) is 0 Å². The van der Waals surface area contributed by atoms with Crippen LogP contribution in [0.4, 0.5) is 0 Å². The summed E-state index contributed by atoms with van der Waals surface area (Å²) in [6.07, 6.45) is 0. The molecule has 0 radical (unpaired) electrons. The van der Waals surface area contributed by atoms with Gasteiger partial charge >= 0.3 is 0 Å². The van der Waals surface area contributed by atoms with Crippen LogP contribution in [0.1, 0.15) is 33.3 Å². The van der Waals surface area contributed by atoms with Gasteiger partial charge < -0.3 is 4.90 Å². The van der Waals surface area contributed by atoms with Crippen molar-refractivity contribution in [1.82, 2.24) is 4.90 Å². The highest BCUT2D eigenvalue weighted by Crippen LogP contribution is 2.43. The summed E-state index contributed by atoms with van der Waals surface area (Å²) in [5.41, 5.74) is 1.02. The van der Waals surface area contributed by atoms with Gasteiger partial charge in [-0.25, -0.2) is 0 Å². The van der Waals surface area contributed by atoms with Gasteiger partial charge in [0, 0.05) is 12.6 Å². The molecular weight excluding hydrogens is 210 g/mol. The molecule has 1 atom stereocenters. The lowest BCUT2D eigenvalue weighted by molar-refractivity contribution is -0.173. The Kier molecular flexibility index (Phi) is 2.98. The summed E-state index contributed by atoms with van der Waals surface area (Å²) in [6, 6.07) is 10.6. The predicted molar refractivity (Wildman–Crippen MR) is 69.4 cm³/mol. The minimum absolute atomic E-state index is 0.192. The van der Waals surface area contributed by atoms with E-state index in [1.54, 1.807) is 0 Å². The van der Waals surface area contributed by atoms with Crippen LogP contribution >= 0.6 is 0 Å². The molecule has 1 aromatic rings. The summed E-state index contributed by atoms with van der Waals surface area (Å²) in [4.78, 5) is 14.1. The Labute approximate surface area is 104 Å². The van der Waals surface area contributed by atoms with Gasteiger partial charge in [0.15, 0.2) is 0 Å². The molecule has 1 fully saturated rings. The number of carbonyl (C=O) groups excluding carboxylic acids is 1. The molecule has 0 spiro atoms. The van der Waals surface area contributed by atoms with Crippen LogP contribution in [0.15, 0.2) is 30.3 Å². The fourth-order valence-corrected chi connectivity index (χ4v) is 3.09. The van der Waals surface area contributed by atoms with Crippen molar-refractivity contribution < 1.29 is 4.79 Å². The summed E-state index contributed by atoms with van der Waals surface area (Å²) in [6.45, 7) is 9.24. The molecule has 0 aromatic heterocycles. The van der Waals surface area contributed by atoms with Crippen molar-refractivity contribution in [1.29, 1.82) is 0 Å². The smallest absolute Gasteiger partial charge is 0.230 e. The Hall–Kier alpha value is -1.31. The van der Waals surface area contributed by atoms with E-state index in [-0.39, 0.29) is 11.3 Å². The molecule has 1 aliphatic rings. The van der Waals surface area contributed by atoms with Crippen LogP contribution in [0.2, 0.25) is 0 Å².